The maximum Gasteiger partial charge on any atom is 0.258 e. The fourth-order valence-electron chi connectivity index (χ4n) is 2.22. The molecule has 5 heteroatoms. The number of pyridine rings is 1. The summed E-state index contributed by atoms with van der Waals surface area (Å²) in [6.07, 6.45) is 4.81. The van der Waals surface area contributed by atoms with Crippen molar-refractivity contribution in [1.29, 1.82) is 0 Å². The Kier molecular flexibility index (Phi) is 4.90. The van der Waals surface area contributed by atoms with Crippen molar-refractivity contribution in [2.24, 2.45) is 5.84 Å². The molecule has 0 radical (unpaired) electrons. The molecule has 3 N–H and O–H groups in total. The number of aryl methyl sites for hydroxylation is 1. The SMILES string of the molecule is NNC(=O)CCCCCn1ccc2ccccc2c1=O. The van der Waals surface area contributed by atoms with Crippen LogP contribution < -0.4 is 16.8 Å². The Hall–Kier alpha value is -2.14. The second-order valence-electron chi connectivity index (χ2n) is 4.78. The van der Waals surface area contributed by atoms with Crippen molar-refractivity contribution in [3.63, 3.8) is 0 Å². The van der Waals surface area contributed by atoms with Crippen LogP contribution in [-0.2, 0) is 11.3 Å². The summed E-state index contributed by atoms with van der Waals surface area (Å²) in [6, 6.07) is 9.54. The predicted octanol–water partition coefficient (Wildman–Crippen LogP) is 1.55. The summed E-state index contributed by atoms with van der Waals surface area (Å²) in [4.78, 5) is 23.2. The van der Waals surface area contributed by atoms with E-state index in [1.54, 1.807) is 4.57 Å². The molecule has 0 atom stereocenters. The highest BCUT2D eigenvalue weighted by molar-refractivity contribution is 5.81. The van der Waals surface area contributed by atoms with E-state index >= 15 is 0 Å². The van der Waals surface area contributed by atoms with Crippen LogP contribution in [0.1, 0.15) is 25.7 Å². The number of unbranched alkanes of at least 4 members (excludes halogenated alkanes) is 2. The minimum Gasteiger partial charge on any atom is -0.315 e. The molecule has 0 fully saturated rings. The number of nitrogens with zero attached hydrogens (tertiary/aromatic N) is 1. The highest BCUT2D eigenvalue weighted by atomic mass is 16.2. The number of hydrazine groups is 1. The van der Waals surface area contributed by atoms with Gasteiger partial charge in [-0.1, -0.05) is 24.6 Å². The van der Waals surface area contributed by atoms with Crippen molar-refractivity contribution in [3.05, 3.63) is 46.9 Å². The number of amides is 1. The molecule has 2 rings (SSSR count). The first kappa shape index (κ1) is 14.3. The lowest BCUT2D eigenvalue weighted by molar-refractivity contribution is -0.121. The molecule has 20 heavy (non-hydrogen) atoms. The van der Waals surface area contributed by atoms with Gasteiger partial charge >= 0.3 is 0 Å². The average molecular weight is 273 g/mol. The van der Waals surface area contributed by atoms with Crippen LogP contribution in [0.15, 0.2) is 41.3 Å². The Balaban J connectivity index is 1.92. The number of hydrogen-bond donors (Lipinski definition) is 2. The smallest absolute Gasteiger partial charge is 0.258 e. The number of hydrogen-bond acceptors (Lipinski definition) is 3. The quantitative estimate of drug-likeness (QED) is 0.363. The molecule has 0 saturated carbocycles. The monoisotopic (exact) mass is 273 g/mol. The minimum atomic E-state index is -0.145. The Morgan fingerprint density at radius 1 is 1.15 bits per heavy atom. The largest absolute Gasteiger partial charge is 0.315 e. The Morgan fingerprint density at radius 2 is 1.95 bits per heavy atom. The molecule has 106 valence electrons. The van der Waals surface area contributed by atoms with E-state index in [-0.39, 0.29) is 11.5 Å². The number of nitrogens with two attached hydrogens (primary N) is 1. The predicted molar refractivity (Wildman–Crippen MR) is 79.0 cm³/mol. The van der Waals surface area contributed by atoms with Gasteiger partial charge in [0.15, 0.2) is 0 Å². The third kappa shape index (κ3) is 3.45. The standard InChI is InChI=1S/C15H19N3O2/c16-17-14(19)8-2-1-5-10-18-11-9-12-6-3-4-7-13(12)15(18)20/h3-4,6-7,9,11H,1-2,5,8,10,16H2,(H,17,19). The Labute approximate surface area is 117 Å². The van der Waals surface area contributed by atoms with Crippen LogP contribution in [0.2, 0.25) is 0 Å². The lowest BCUT2D eigenvalue weighted by atomic mass is 10.1. The Morgan fingerprint density at radius 3 is 2.75 bits per heavy atom. The molecule has 2 aromatic rings. The maximum atomic E-state index is 12.2. The zero-order chi connectivity index (χ0) is 14.4. The van der Waals surface area contributed by atoms with E-state index in [1.165, 1.54) is 0 Å². The van der Waals surface area contributed by atoms with Gasteiger partial charge in [-0.3, -0.25) is 15.0 Å². The molecule has 0 aliphatic carbocycles. The van der Waals surface area contributed by atoms with Gasteiger partial charge in [0.2, 0.25) is 5.91 Å². The summed E-state index contributed by atoms with van der Waals surface area (Å²) in [5, 5.41) is 1.71. The second kappa shape index (κ2) is 6.86. The van der Waals surface area contributed by atoms with E-state index in [0.29, 0.717) is 13.0 Å². The molecule has 0 spiro atoms. The van der Waals surface area contributed by atoms with Gasteiger partial charge in [-0.05, 0) is 30.4 Å². The van der Waals surface area contributed by atoms with Gasteiger partial charge in [-0.25, -0.2) is 5.84 Å². The summed E-state index contributed by atoms with van der Waals surface area (Å²) in [6.45, 7) is 0.675. The van der Waals surface area contributed by atoms with Gasteiger partial charge in [-0.15, -0.1) is 0 Å². The van der Waals surface area contributed by atoms with Crippen molar-refractivity contribution >= 4 is 16.7 Å². The lowest BCUT2D eigenvalue weighted by Gasteiger charge is -2.07. The summed E-state index contributed by atoms with van der Waals surface area (Å²) in [5.41, 5.74) is 2.15. The number of carbonyl (C=O) groups is 1. The molecule has 0 saturated heterocycles. The molecule has 1 amide bonds. The van der Waals surface area contributed by atoms with Gasteiger partial charge in [0.1, 0.15) is 0 Å². The molecule has 1 heterocycles. The number of carbonyl (C=O) groups excluding carboxylic acids is 1. The third-order valence-corrected chi connectivity index (χ3v) is 3.35. The van der Waals surface area contributed by atoms with Gasteiger partial charge in [0.25, 0.3) is 5.56 Å². The average Bonchev–Trinajstić information content (AvgIpc) is 2.49. The van der Waals surface area contributed by atoms with Gasteiger partial charge in [0, 0.05) is 24.5 Å². The second-order valence-corrected chi connectivity index (χ2v) is 4.78. The molecule has 0 aliphatic heterocycles. The molecular weight excluding hydrogens is 254 g/mol. The lowest BCUT2D eigenvalue weighted by Crippen LogP contribution is -2.29. The number of rotatable bonds is 6. The van der Waals surface area contributed by atoms with Crippen LogP contribution in [0.3, 0.4) is 0 Å². The zero-order valence-electron chi connectivity index (χ0n) is 11.3. The summed E-state index contributed by atoms with van der Waals surface area (Å²) in [7, 11) is 0. The molecule has 0 unspecified atom stereocenters. The van der Waals surface area contributed by atoms with E-state index in [0.717, 1.165) is 30.0 Å². The first-order valence-electron chi connectivity index (χ1n) is 6.80. The van der Waals surface area contributed by atoms with Crippen molar-refractivity contribution in [2.75, 3.05) is 0 Å². The van der Waals surface area contributed by atoms with E-state index in [9.17, 15) is 9.59 Å². The van der Waals surface area contributed by atoms with Gasteiger partial charge in [-0.2, -0.15) is 0 Å². The van der Waals surface area contributed by atoms with E-state index < -0.39 is 0 Å². The van der Waals surface area contributed by atoms with Crippen molar-refractivity contribution in [3.8, 4) is 0 Å². The summed E-state index contributed by atoms with van der Waals surface area (Å²) < 4.78 is 1.73. The minimum absolute atomic E-state index is 0.0443. The summed E-state index contributed by atoms with van der Waals surface area (Å²) in [5.74, 6) is 4.86. The van der Waals surface area contributed by atoms with Crippen molar-refractivity contribution in [2.45, 2.75) is 32.2 Å². The zero-order valence-corrected chi connectivity index (χ0v) is 11.3. The molecule has 5 nitrogen and oxygen atoms in total. The van der Waals surface area contributed by atoms with Crippen LogP contribution in [0.5, 0.6) is 0 Å². The van der Waals surface area contributed by atoms with Gasteiger partial charge < -0.3 is 4.57 Å². The molecule has 1 aromatic heterocycles. The maximum absolute atomic E-state index is 12.2. The van der Waals surface area contributed by atoms with Crippen LogP contribution in [0, 0.1) is 0 Å². The number of fused-ring (bicyclic) bond motifs is 1. The third-order valence-electron chi connectivity index (χ3n) is 3.35. The van der Waals surface area contributed by atoms with E-state index in [2.05, 4.69) is 5.43 Å². The first-order valence-corrected chi connectivity index (χ1v) is 6.80. The molecule has 0 aliphatic rings. The normalized spacial score (nSPS) is 10.7. The van der Waals surface area contributed by atoms with Crippen LogP contribution in [-0.4, -0.2) is 10.5 Å². The summed E-state index contributed by atoms with van der Waals surface area (Å²) >= 11 is 0. The number of benzene rings is 1. The highest BCUT2D eigenvalue weighted by Gasteiger charge is 2.02. The topological polar surface area (TPSA) is 77.1 Å². The van der Waals surface area contributed by atoms with Crippen LogP contribution in [0.4, 0.5) is 0 Å². The van der Waals surface area contributed by atoms with E-state index in [1.807, 2.05) is 36.5 Å². The van der Waals surface area contributed by atoms with Crippen molar-refractivity contribution < 1.29 is 4.79 Å². The fraction of sp³-hybridized carbons (Fsp3) is 0.333. The van der Waals surface area contributed by atoms with Crippen LogP contribution in [0.25, 0.3) is 10.8 Å². The van der Waals surface area contributed by atoms with Crippen molar-refractivity contribution in [1.82, 2.24) is 9.99 Å². The number of nitrogens with one attached hydrogen (secondary N) is 1. The van der Waals surface area contributed by atoms with Gasteiger partial charge in [0.05, 0.1) is 0 Å². The van der Waals surface area contributed by atoms with Crippen LogP contribution >= 0.6 is 0 Å². The first-order chi connectivity index (χ1) is 9.72. The van der Waals surface area contributed by atoms with E-state index in [4.69, 9.17) is 5.84 Å². The molecule has 0 bridgehead atoms. The highest BCUT2D eigenvalue weighted by Crippen LogP contribution is 2.09. The number of aromatic nitrogens is 1. The molecule has 1 aromatic carbocycles. The fourth-order valence-corrected chi connectivity index (χ4v) is 2.22. The Bertz CT molecular complexity index is 649. The molecular formula is C15H19N3O2.